The first-order chi connectivity index (χ1) is 12.1. The maximum Gasteiger partial charge on any atom is 0.321 e. The molecule has 3 rings (SSSR count). The zero-order valence-electron chi connectivity index (χ0n) is 14.9. The van der Waals surface area contributed by atoms with E-state index < -0.39 is 0 Å². The average Bonchev–Trinajstić information content (AvgIpc) is 2.67. The molecule has 6 nitrogen and oxygen atoms in total. The third-order valence-electron chi connectivity index (χ3n) is 4.93. The third-order valence-corrected chi connectivity index (χ3v) is 4.93. The van der Waals surface area contributed by atoms with Gasteiger partial charge in [-0.05, 0) is 50.5 Å². The van der Waals surface area contributed by atoms with Crippen LogP contribution in [0.5, 0.6) is 0 Å². The summed E-state index contributed by atoms with van der Waals surface area (Å²) in [6, 6.07) is 7.39. The number of likely N-dealkylation sites (N-methyl/N-ethyl adjacent to an activating group) is 1. The van der Waals surface area contributed by atoms with Crippen LogP contribution in [0.4, 0.5) is 16.2 Å². The summed E-state index contributed by atoms with van der Waals surface area (Å²) in [5.74, 6) is 0. The third kappa shape index (κ3) is 3.69. The largest absolute Gasteiger partial charge is 0.394 e. The second-order valence-corrected chi connectivity index (χ2v) is 6.65. The van der Waals surface area contributed by atoms with Crippen LogP contribution >= 0.6 is 0 Å². The van der Waals surface area contributed by atoms with E-state index in [2.05, 4.69) is 15.2 Å². The standard InChI is InChI=1S/C19H26N4O2/c1-14(13-24)22(2)19(25)21-16-8-9-17(23-11-4-3-5-12-23)18-15(16)7-6-10-20-18/h6-10,14,24H,3-5,11-13H2,1-2H3,(H,21,25)/t14-/m1/s1. The SMILES string of the molecule is C[C@H](CO)N(C)C(=O)Nc1ccc(N2CCCCC2)c2ncccc12. The zero-order valence-corrected chi connectivity index (χ0v) is 14.9. The minimum Gasteiger partial charge on any atom is -0.394 e. The maximum absolute atomic E-state index is 12.4. The molecule has 0 aliphatic carbocycles. The summed E-state index contributed by atoms with van der Waals surface area (Å²) in [7, 11) is 1.68. The molecule has 2 N–H and O–H groups in total. The quantitative estimate of drug-likeness (QED) is 0.896. The molecule has 1 aromatic carbocycles. The number of benzene rings is 1. The van der Waals surface area contributed by atoms with Gasteiger partial charge in [-0.25, -0.2) is 4.79 Å². The van der Waals surface area contributed by atoms with E-state index in [0.717, 1.165) is 35.4 Å². The molecular formula is C19H26N4O2. The van der Waals surface area contributed by atoms with Crippen molar-refractivity contribution < 1.29 is 9.90 Å². The first-order valence-electron chi connectivity index (χ1n) is 8.89. The number of nitrogens with zero attached hydrogens (tertiary/aromatic N) is 3. The van der Waals surface area contributed by atoms with Gasteiger partial charge in [0, 0.05) is 31.7 Å². The lowest BCUT2D eigenvalue weighted by Crippen LogP contribution is -2.40. The topological polar surface area (TPSA) is 68.7 Å². The highest BCUT2D eigenvalue weighted by Gasteiger charge is 2.19. The molecule has 0 radical (unpaired) electrons. The number of aliphatic hydroxyl groups is 1. The van der Waals surface area contributed by atoms with Crippen LogP contribution in [-0.2, 0) is 0 Å². The molecule has 1 atom stereocenters. The first kappa shape index (κ1) is 17.5. The Labute approximate surface area is 148 Å². The van der Waals surface area contributed by atoms with Crippen molar-refractivity contribution >= 4 is 28.3 Å². The van der Waals surface area contributed by atoms with Crippen LogP contribution in [0, 0.1) is 0 Å². The average molecular weight is 342 g/mol. The number of aliphatic hydroxyl groups excluding tert-OH is 1. The first-order valence-corrected chi connectivity index (χ1v) is 8.89. The van der Waals surface area contributed by atoms with Crippen molar-refractivity contribution in [1.29, 1.82) is 0 Å². The van der Waals surface area contributed by atoms with Gasteiger partial charge in [-0.15, -0.1) is 0 Å². The molecule has 2 aromatic rings. The Morgan fingerprint density at radius 1 is 1.32 bits per heavy atom. The van der Waals surface area contributed by atoms with Gasteiger partial charge in [-0.2, -0.15) is 0 Å². The normalized spacial score (nSPS) is 15.9. The Kier molecular flexibility index (Phi) is 5.38. The number of anilines is 2. The van der Waals surface area contributed by atoms with Crippen molar-refractivity contribution in [1.82, 2.24) is 9.88 Å². The Balaban J connectivity index is 1.91. The lowest BCUT2D eigenvalue weighted by atomic mass is 10.1. The zero-order chi connectivity index (χ0) is 17.8. The highest BCUT2D eigenvalue weighted by atomic mass is 16.3. The molecule has 134 valence electrons. The Bertz CT molecular complexity index is 743. The van der Waals surface area contributed by atoms with Crippen LogP contribution in [0.3, 0.4) is 0 Å². The predicted molar refractivity (Wildman–Crippen MR) is 101 cm³/mol. The van der Waals surface area contributed by atoms with Gasteiger partial charge in [-0.3, -0.25) is 4.98 Å². The van der Waals surface area contributed by atoms with Crippen molar-refractivity contribution in [2.75, 3.05) is 37.0 Å². The Hall–Kier alpha value is -2.34. The van der Waals surface area contributed by atoms with Gasteiger partial charge < -0.3 is 20.2 Å². The molecule has 1 saturated heterocycles. The van der Waals surface area contributed by atoms with Crippen LogP contribution in [0.15, 0.2) is 30.5 Å². The highest BCUT2D eigenvalue weighted by Crippen LogP contribution is 2.32. The summed E-state index contributed by atoms with van der Waals surface area (Å²) < 4.78 is 0. The molecule has 25 heavy (non-hydrogen) atoms. The fraction of sp³-hybridized carbons (Fsp3) is 0.474. The van der Waals surface area contributed by atoms with Gasteiger partial charge in [0.05, 0.1) is 29.5 Å². The van der Waals surface area contributed by atoms with Crippen LogP contribution in [-0.4, -0.2) is 53.8 Å². The second kappa shape index (κ2) is 7.70. The highest BCUT2D eigenvalue weighted by molar-refractivity contribution is 6.04. The van der Waals surface area contributed by atoms with Gasteiger partial charge in [0.2, 0.25) is 0 Å². The summed E-state index contributed by atoms with van der Waals surface area (Å²) in [5, 5.41) is 13.1. The number of aromatic nitrogens is 1. The van der Waals surface area contributed by atoms with Crippen molar-refractivity contribution in [2.45, 2.75) is 32.2 Å². The van der Waals surface area contributed by atoms with E-state index in [-0.39, 0.29) is 18.7 Å². The lowest BCUT2D eigenvalue weighted by molar-refractivity contribution is 0.166. The number of pyridine rings is 1. The number of carbonyl (C=O) groups is 1. The number of amides is 2. The van der Waals surface area contributed by atoms with E-state index in [1.165, 1.54) is 24.2 Å². The van der Waals surface area contributed by atoms with Gasteiger partial charge in [-0.1, -0.05) is 0 Å². The molecule has 0 spiro atoms. The summed E-state index contributed by atoms with van der Waals surface area (Å²) in [6.07, 6.45) is 5.49. The van der Waals surface area contributed by atoms with Crippen molar-refractivity contribution in [2.24, 2.45) is 0 Å². The van der Waals surface area contributed by atoms with E-state index in [1.54, 1.807) is 20.2 Å². The van der Waals surface area contributed by atoms with Crippen molar-refractivity contribution in [3.05, 3.63) is 30.5 Å². The van der Waals surface area contributed by atoms with E-state index in [0.29, 0.717) is 0 Å². The van der Waals surface area contributed by atoms with Crippen molar-refractivity contribution in [3.8, 4) is 0 Å². The minimum atomic E-state index is -0.239. The molecule has 0 unspecified atom stereocenters. The van der Waals surface area contributed by atoms with Gasteiger partial charge in [0.25, 0.3) is 0 Å². The number of rotatable bonds is 4. The van der Waals surface area contributed by atoms with Crippen LogP contribution in [0.25, 0.3) is 10.9 Å². The van der Waals surface area contributed by atoms with E-state index in [9.17, 15) is 9.90 Å². The van der Waals surface area contributed by atoms with E-state index >= 15 is 0 Å². The molecule has 2 heterocycles. The number of urea groups is 1. The van der Waals surface area contributed by atoms with E-state index in [4.69, 9.17) is 0 Å². The van der Waals surface area contributed by atoms with Crippen molar-refractivity contribution in [3.63, 3.8) is 0 Å². The molecule has 6 heteroatoms. The minimum absolute atomic E-state index is 0.0693. The van der Waals surface area contributed by atoms with E-state index in [1.807, 2.05) is 24.3 Å². The number of piperidine rings is 1. The number of hydrogen-bond acceptors (Lipinski definition) is 4. The van der Waals surface area contributed by atoms with Gasteiger partial charge >= 0.3 is 6.03 Å². The molecule has 1 aliphatic rings. The monoisotopic (exact) mass is 342 g/mol. The summed E-state index contributed by atoms with van der Waals surface area (Å²) >= 11 is 0. The van der Waals surface area contributed by atoms with Crippen LogP contribution < -0.4 is 10.2 Å². The molecule has 1 fully saturated rings. The smallest absolute Gasteiger partial charge is 0.321 e. The fourth-order valence-electron chi connectivity index (χ4n) is 3.18. The number of nitrogens with one attached hydrogen (secondary N) is 1. The molecule has 1 aromatic heterocycles. The second-order valence-electron chi connectivity index (χ2n) is 6.65. The Morgan fingerprint density at radius 2 is 2.08 bits per heavy atom. The summed E-state index contributed by atoms with van der Waals surface area (Å²) in [4.78, 5) is 20.9. The molecule has 0 saturated carbocycles. The molecular weight excluding hydrogens is 316 g/mol. The number of hydrogen-bond donors (Lipinski definition) is 2. The summed E-state index contributed by atoms with van der Waals surface area (Å²) in [5.41, 5.74) is 2.79. The lowest BCUT2D eigenvalue weighted by Gasteiger charge is -2.30. The number of carbonyl (C=O) groups excluding carboxylic acids is 1. The van der Waals surface area contributed by atoms with Crippen LogP contribution in [0.2, 0.25) is 0 Å². The predicted octanol–water partition coefficient (Wildman–Crippen LogP) is 3.07. The Morgan fingerprint density at radius 3 is 2.80 bits per heavy atom. The molecule has 1 aliphatic heterocycles. The fourth-order valence-corrected chi connectivity index (χ4v) is 3.18. The number of fused-ring (bicyclic) bond motifs is 1. The molecule has 2 amide bonds. The van der Waals surface area contributed by atoms with Gasteiger partial charge in [0.1, 0.15) is 0 Å². The summed E-state index contributed by atoms with van der Waals surface area (Å²) in [6.45, 7) is 3.83. The molecule has 0 bridgehead atoms. The van der Waals surface area contributed by atoms with Gasteiger partial charge in [0.15, 0.2) is 0 Å². The maximum atomic E-state index is 12.4. The van der Waals surface area contributed by atoms with Crippen LogP contribution in [0.1, 0.15) is 26.2 Å².